The molecular formula is C14H12ClN3O2S. The van der Waals surface area contributed by atoms with E-state index in [9.17, 15) is 4.79 Å². The Morgan fingerprint density at radius 1 is 1.43 bits per heavy atom. The zero-order valence-electron chi connectivity index (χ0n) is 11.0. The Hall–Kier alpha value is -2.05. The molecule has 0 aliphatic heterocycles. The average molecular weight is 322 g/mol. The Morgan fingerprint density at radius 2 is 2.29 bits per heavy atom. The molecule has 0 saturated carbocycles. The standard InChI is InChI=1S/C14H12ClN3O2S/c15-11-3-1-2-4-12(11)20-9-13(19)16-7-10-8-18-5-6-21-14(18)17-10/h1-6,8H,7,9H2,(H,16,19). The molecule has 1 amide bonds. The summed E-state index contributed by atoms with van der Waals surface area (Å²) >= 11 is 7.50. The third-order valence-corrected chi connectivity index (χ3v) is 3.89. The Morgan fingerprint density at radius 3 is 3.10 bits per heavy atom. The number of halogens is 1. The van der Waals surface area contributed by atoms with E-state index in [1.54, 1.807) is 35.6 Å². The smallest absolute Gasteiger partial charge is 0.258 e. The second kappa shape index (κ2) is 6.15. The van der Waals surface area contributed by atoms with Crippen molar-refractivity contribution in [1.29, 1.82) is 0 Å². The van der Waals surface area contributed by atoms with E-state index in [0.29, 0.717) is 17.3 Å². The lowest BCUT2D eigenvalue weighted by Crippen LogP contribution is -2.28. The first kappa shape index (κ1) is 13.9. The van der Waals surface area contributed by atoms with Crippen molar-refractivity contribution in [3.63, 3.8) is 0 Å². The van der Waals surface area contributed by atoms with E-state index in [1.807, 2.05) is 22.2 Å². The number of benzene rings is 1. The number of ether oxygens (including phenoxy) is 1. The first-order valence-corrected chi connectivity index (χ1v) is 7.53. The number of hydrogen-bond donors (Lipinski definition) is 1. The van der Waals surface area contributed by atoms with E-state index in [4.69, 9.17) is 16.3 Å². The molecule has 0 spiro atoms. The number of para-hydroxylation sites is 1. The number of thiazole rings is 1. The summed E-state index contributed by atoms with van der Waals surface area (Å²) in [5.74, 6) is 0.281. The third-order valence-electron chi connectivity index (χ3n) is 2.81. The number of carbonyl (C=O) groups excluding carboxylic acids is 1. The normalized spacial score (nSPS) is 10.7. The molecule has 0 aliphatic carbocycles. The maximum absolute atomic E-state index is 11.7. The van der Waals surface area contributed by atoms with Crippen LogP contribution in [0.4, 0.5) is 0 Å². The number of nitrogens with one attached hydrogen (secondary N) is 1. The maximum Gasteiger partial charge on any atom is 0.258 e. The molecule has 0 unspecified atom stereocenters. The first-order valence-electron chi connectivity index (χ1n) is 6.27. The number of amides is 1. The number of fused-ring (bicyclic) bond motifs is 1. The molecule has 21 heavy (non-hydrogen) atoms. The highest BCUT2D eigenvalue weighted by molar-refractivity contribution is 7.15. The summed E-state index contributed by atoms with van der Waals surface area (Å²) in [6.45, 7) is 0.297. The number of aromatic nitrogens is 2. The van der Waals surface area contributed by atoms with Crippen molar-refractivity contribution in [2.45, 2.75) is 6.54 Å². The number of carbonyl (C=O) groups is 1. The van der Waals surface area contributed by atoms with Crippen molar-refractivity contribution >= 4 is 33.8 Å². The number of rotatable bonds is 5. The summed E-state index contributed by atoms with van der Waals surface area (Å²) in [6.07, 6.45) is 3.82. The minimum absolute atomic E-state index is 0.0774. The Balaban J connectivity index is 1.50. The molecule has 0 aliphatic rings. The molecule has 3 rings (SSSR count). The van der Waals surface area contributed by atoms with Gasteiger partial charge in [0.15, 0.2) is 11.6 Å². The van der Waals surface area contributed by atoms with Gasteiger partial charge in [-0.3, -0.25) is 9.20 Å². The highest BCUT2D eigenvalue weighted by Crippen LogP contribution is 2.22. The summed E-state index contributed by atoms with van der Waals surface area (Å²) in [7, 11) is 0. The Labute approximate surface area is 130 Å². The molecule has 2 aromatic heterocycles. The molecule has 1 N–H and O–H groups in total. The van der Waals surface area contributed by atoms with Gasteiger partial charge in [-0.05, 0) is 12.1 Å². The topological polar surface area (TPSA) is 55.6 Å². The summed E-state index contributed by atoms with van der Waals surface area (Å²) in [5, 5.41) is 5.21. The van der Waals surface area contributed by atoms with Crippen LogP contribution in [0.2, 0.25) is 5.02 Å². The lowest BCUT2D eigenvalue weighted by molar-refractivity contribution is -0.123. The summed E-state index contributed by atoms with van der Waals surface area (Å²) < 4.78 is 7.29. The second-order valence-corrected chi connectivity index (χ2v) is 5.60. The molecule has 0 saturated heterocycles. The molecule has 0 bridgehead atoms. The van der Waals surface area contributed by atoms with Crippen LogP contribution >= 0.6 is 22.9 Å². The van der Waals surface area contributed by atoms with E-state index in [2.05, 4.69) is 10.3 Å². The van der Waals surface area contributed by atoms with Gasteiger partial charge in [-0.1, -0.05) is 23.7 Å². The van der Waals surface area contributed by atoms with Gasteiger partial charge in [0.1, 0.15) is 5.75 Å². The van der Waals surface area contributed by atoms with Crippen molar-refractivity contribution in [3.05, 3.63) is 52.8 Å². The quantitative estimate of drug-likeness (QED) is 0.786. The molecular weight excluding hydrogens is 310 g/mol. The van der Waals surface area contributed by atoms with Crippen molar-refractivity contribution in [2.24, 2.45) is 0 Å². The van der Waals surface area contributed by atoms with Crippen LogP contribution in [0.1, 0.15) is 5.69 Å². The van der Waals surface area contributed by atoms with Crippen LogP contribution < -0.4 is 10.1 Å². The molecule has 2 heterocycles. The minimum Gasteiger partial charge on any atom is -0.482 e. The second-order valence-electron chi connectivity index (χ2n) is 4.32. The molecule has 108 valence electrons. The molecule has 0 atom stereocenters. The highest BCUT2D eigenvalue weighted by Gasteiger charge is 2.07. The van der Waals surface area contributed by atoms with E-state index in [0.717, 1.165) is 10.7 Å². The van der Waals surface area contributed by atoms with Crippen molar-refractivity contribution in [3.8, 4) is 5.75 Å². The van der Waals surface area contributed by atoms with Crippen LogP contribution in [-0.2, 0) is 11.3 Å². The average Bonchev–Trinajstić information content (AvgIpc) is 3.05. The van der Waals surface area contributed by atoms with Gasteiger partial charge in [0, 0.05) is 17.8 Å². The van der Waals surface area contributed by atoms with Crippen molar-refractivity contribution < 1.29 is 9.53 Å². The van der Waals surface area contributed by atoms with Gasteiger partial charge in [-0.15, -0.1) is 11.3 Å². The summed E-state index contributed by atoms with van der Waals surface area (Å²) in [5.41, 5.74) is 0.813. The van der Waals surface area contributed by atoms with Crippen LogP contribution in [0.3, 0.4) is 0 Å². The van der Waals surface area contributed by atoms with Gasteiger partial charge in [0.05, 0.1) is 17.3 Å². The number of imidazole rings is 1. The van der Waals surface area contributed by atoms with E-state index < -0.39 is 0 Å². The number of nitrogens with zero attached hydrogens (tertiary/aromatic N) is 2. The molecule has 0 radical (unpaired) electrons. The van der Waals surface area contributed by atoms with E-state index in [1.165, 1.54) is 0 Å². The molecule has 0 fully saturated rings. The largest absolute Gasteiger partial charge is 0.482 e. The van der Waals surface area contributed by atoms with E-state index >= 15 is 0 Å². The van der Waals surface area contributed by atoms with Crippen LogP contribution in [0.25, 0.3) is 4.96 Å². The monoisotopic (exact) mass is 321 g/mol. The van der Waals surface area contributed by atoms with Gasteiger partial charge >= 0.3 is 0 Å². The van der Waals surface area contributed by atoms with Gasteiger partial charge in [-0.2, -0.15) is 0 Å². The van der Waals surface area contributed by atoms with Crippen molar-refractivity contribution in [2.75, 3.05) is 6.61 Å². The Bertz CT molecular complexity index is 740. The van der Waals surface area contributed by atoms with Gasteiger partial charge in [-0.25, -0.2) is 4.98 Å². The lowest BCUT2D eigenvalue weighted by Gasteiger charge is -2.07. The third kappa shape index (κ3) is 3.34. The number of hydrogen-bond acceptors (Lipinski definition) is 4. The summed E-state index contributed by atoms with van der Waals surface area (Å²) in [4.78, 5) is 17.0. The Kier molecular flexibility index (Phi) is 4.08. The van der Waals surface area contributed by atoms with Gasteiger partial charge in [0.25, 0.3) is 5.91 Å². The highest BCUT2D eigenvalue weighted by atomic mass is 35.5. The fourth-order valence-corrected chi connectivity index (χ4v) is 2.72. The predicted molar refractivity (Wildman–Crippen MR) is 81.9 cm³/mol. The minimum atomic E-state index is -0.216. The fourth-order valence-electron chi connectivity index (χ4n) is 1.81. The molecule has 1 aromatic carbocycles. The molecule has 7 heteroatoms. The first-order chi connectivity index (χ1) is 10.2. The van der Waals surface area contributed by atoms with Crippen LogP contribution in [0, 0.1) is 0 Å². The van der Waals surface area contributed by atoms with Crippen molar-refractivity contribution in [1.82, 2.24) is 14.7 Å². The summed E-state index contributed by atoms with van der Waals surface area (Å²) in [6, 6.07) is 7.04. The zero-order chi connectivity index (χ0) is 14.7. The maximum atomic E-state index is 11.7. The van der Waals surface area contributed by atoms with Gasteiger partial charge in [0.2, 0.25) is 0 Å². The molecule has 3 aromatic rings. The van der Waals surface area contributed by atoms with Crippen LogP contribution in [0.5, 0.6) is 5.75 Å². The van der Waals surface area contributed by atoms with Gasteiger partial charge < -0.3 is 10.1 Å². The van der Waals surface area contributed by atoms with Crippen LogP contribution in [-0.4, -0.2) is 21.9 Å². The van der Waals surface area contributed by atoms with Crippen LogP contribution in [0.15, 0.2) is 42.0 Å². The molecule has 5 nitrogen and oxygen atoms in total. The SMILES string of the molecule is O=C(COc1ccccc1Cl)NCc1cn2ccsc2n1. The predicted octanol–water partition coefficient (Wildman–Crippen LogP) is 2.74. The lowest BCUT2D eigenvalue weighted by atomic mass is 10.3. The fraction of sp³-hybridized carbons (Fsp3) is 0.143. The zero-order valence-corrected chi connectivity index (χ0v) is 12.5. The van der Waals surface area contributed by atoms with E-state index in [-0.39, 0.29) is 12.5 Å².